The summed E-state index contributed by atoms with van der Waals surface area (Å²) in [5.41, 5.74) is -2.43. The summed E-state index contributed by atoms with van der Waals surface area (Å²) in [5.74, 6) is -0.811. The van der Waals surface area contributed by atoms with Crippen molar-refractivity contribution in [3.05, 3.63) is 51.2 Å². The van der Waals surface area contributed by atoms with Gasteiger partial charge in [-0.3, -0.25) is 4.79 Å². The van der Waals surface area contributed by atoms with Crippen LogP contribution >= 0.6 is 24.2 Å². The number of pyridine rings is 1. The Morgan fingerprint density at radius 2 is 1.81 bits per heavy atom. The molecule has 21 heavy (non-hydrogen) atoms. The Morgan fingerprint density at radius 1 is 1.19 bits per heavy atom. The largest absolute Gasteiger partial charge is 0.431 e. The van der Waals surface area contributed by atoms with Gasteiger partial charge in [-0.05, 0) is 24.3 Å². The van der Waals surface area contributed by atoms with E-state index in [-0.39, 0.29) is 21.0 Å². The maximum absolute atomic E-state index is 13.9. The van der Waals surface area contributed by atoms with Crippen LogP contribution in [-0.4, -0.2) is 4.57 Å². The lowest BCUT2D eigenvalue weighted by Crippen LogP contribution is -2.26. The summed E-state index contributed by atoms with van der Waals surface area (Å²) in [7, 11) is 0.976. The molecule has 0 amide bonds. The molecule has 0 saturated carbocycles. The molecule has 0 radical (unpaired) electrons. The molecule has 1 aromatic carbocycles. The molecule has 0 saturated heterocycles. The van der Waals surface area contributed by atoms with Gasteiger partial charge in [0.2, 0.25) is 0 Å². The van der Waals surface area contributed by atoms with Crippen molar-refractivity contribution < 1.29 is 17.6 Å². The van der Waals surface area contributed by atoms with Gasteiger partial charge < -0.3 is 4.57 Å². The number of thiol groups is 1. The molecule has 1 heterocycles. The van der Waals surface area contributed by atoms with Crippen LogP contribution in [0.4, 0.5) is 17.6 Å². The average molecular weight is 338 g/mol. The van der Waals surface area contributed by atoms with Gasteiger partial charge in [0.1, 0.15) is 11.5 Å². The van der Waals surface area contributed by atoms with E-state index in [0.29, 0.717) is 4.57 Å². The van der Waals surface area contributed by atoms with Crippen LogP contribution in [0.15, 0.2) is 34.0 Å². The molecule has 0 unspecified atom stereocenters. The Morgan fingerprint density at radius 3 is 2.38 bits per heavy atom. The van der Waals surface area contributed by atoms with Gasteiger partial charge in [-0.15, -0.1) is 12.6 Å². The number of rotatable bonds is 1. The van der Waals surface area contributed by atoms with E-state index in [0.717, 1.165) is 25.2 Å². The number of nitrogens with zero attached hydrogens (tertiary/aromatic N) is 1. The summed E-state index contributed by atoms with van der Waals surface area (Å²) in [5, 5.41) is 0.0447. The van der Waals surface area contributed by atoms with Crippen molar-refractivity contribution in [3.63, 3.8) is 0 Å². The molecule has 0 aliphatic heterocycles. The molecule has 1 aromatic heterocycles. The highest BCUT2D eigenvalue weighted by Gasteiger charge is 2.34. The normalized spacial score (nSPS) is 11.8. The SMILES string of the molecule is Cn1c(C(F)(F)F)ccc(-c2cc(S)c(Cl)cc2F)c1=O. The second kappa shape index (κ2) is 5.38. The summed E-state index contributed by atoms with van der Waals surface area (Å²) >= 11 is 9.68. The summed E-state index contributed by atoms with van der Waals surface area (Å²) in [6.45, 7) is 0. The molecule has 0 aliphatic rings. The zero-order valence-corrected chi connectivity index (χ0v) is 12.2. The summed E-state index contributed by atoms with van der Waals surface area (Å²) < 4.78 is 52.4. The molecule has 2 nitrogen and oxygen atoms in total. The van der Waals surface area contributed by atoms with Crippen molar-refractivity contribution in [1.29, 1.82) is 0 Å². The lowest BCUT2D eigenvalue weighted by atomic mass is 10.1. The van der Waals surface area contributed by atoms with E-state index in [1.54, 1.807) is 0 Å². The van der Waals surface area contributed by atoms with E-state index in [1.807, 2.05) is 0 Å². The third kappa shape index (κ3) is 2.94. The van der Waals surface area contributed by atoms with Crippen molar-refractivity contribution in [1.82, 2.24) is 4.57 Å². The molecule has 0 aliphatic carbocycles. The van der Waals surface area contributed by atoms with Crippen LogP contribution in [0.25, 0.3) is 11.1 Å². The lowest BCUT2D eigenvalue weighted by molar-refractivity contribution is -0.143. The quantitative estimate of drug-likeness (QED) is 0.613. The first kappa shape index (κ1) is 15.9. The Kier molecular flexibility index (Phi) is 4.08. The zero-order chi connectivity index (χ0) is 15.9. The number of aromatic nitrogens is 1. The Labute approximate surface area is 127 Å². The zero-order valence-electron chi connectivity index (χ0n) is 10.5. The van der Waals surface area contributed by atoms with Gasteiger partial charge in [-0.2, -0.15) is 13.2 Å². The third-order valence-corrected chi connectivity index (χ3v) is 3.74. The molecule has 0 N–H and O–H groups in total. The summed E-state index contributed by atoms with van der Waals surface area (Å²) in [4.78, 5) is 12.2. The predicted molar refractivity (Wildman–Crippen MR) is 74.3 cm³/mol. The van der Waals surface area contributed by atoms with Gasteiger partial charge >= 0.3 is 6.18 Å². The maximum Gasteiger partial charge on any atom is 0.431 e. The molecule has 2 rings (SSSR count). The minimum atomic E-state index is -4.67. The van der Waals surface area contributed by atoms with Gasteiger partial charge in [0, 0.05) is 17.5 Å². The molecule has 0 atom stereocenters. The average Bonchev–Trinajstić information content (AvgIpc) is 2.36. The maximum atomic E-state index is 13.9. The number of hydrogen-bond acceptors (Lipinski definition) is 2. The molecular weight excluding hydrogens is 330 g/mol. The predicted octanol–water partition coefficient (Wildman–Crippen LogP) is 4.15. The van der Waals surface area contributed by atoms with Crippen LogP contribution < -0.4 is 5.56 Å². The van der Waals surface area contributed by atoms with Gasteiger partial charge in [0.15, 0.2) is 0 Å². The molecule has 8 heteroatoms. The van der Waals surface area contributed by atoms with Gasteiger partial charge in [-0.25, -0.2) is 4.39 Å². The highest BCUT2D eigenvalue weighted by atomic mass is 35.5. The molecule has 0 fully saturated rings. The number of alkyl halides is 3. The highest BCUT2D eigenvalue weighted by molar-refractivity contribution is 7.80. The van der Waals surface area contributed by atoms with Gasteiger partial charge in [0.25, 0.3) is 5.56 Å². The van der Waals surface area contributed by atoms with Crippen LogP contribution in [0.2, 0.25) is 5.02 Å². The first-order chi connectivity index (χ1) is 9.62. The van der Waals surface area contributed by atoms with Crippen molar-refractivity contribution in [2.45, 2.75) is 11.1 Å². The number of hydrogen-bond donors (Lipinski definition) is 1. The number of halogens is 5. The van der Waals surface area contributed by atoms with Crippen LogP contribution in [0.5, 0.6) is 0 Å². The number of benzene rings is 1. The molecule has 2 aromatic rings. The van der Waals surface area contributed by atoms with E-state index in [1.165, 1.54) is 6.07 Å². The van der Waals surface area contributed by atoms with Crippen LogP contribution in [0, 0.1) is 5.82 Å². The van der Waals surface area contributed by atoms with Crippen molar-refractivity contribution in [3.8, 4) is 11.1 Å². The van der Waals surface area contributed by atoms with Crippen LogP contribution in [-0.2, 0) is 13.2 Å². The van der Waals surface area contributed by atoms with Crippen molar-refractivity contribution in [2.75, 3.05) is 0 Å². The van der Waals surface area contributed by atoms with Crippen molar-refractivity contribution >= 4 is 24.2 Å². The first-order valence-corrected chi connectivity index (χ1v) is 6.41. The first-order valence-electron chi connectivity index (χ1n) is 5.58. The highest BCUT2D eigenvalue weighted by Crippen LogP contribution is 2.31. The monoisotopic (exact) mass is 337 g/mol. The fourth-order valence-corrected chi connectivity index (χ4v) is 2.21. The molecule has 0 spiro atoms. The summed E-state index contributed by atoms with van der Waals surface area (Å²) in [6, 6.07) is 3.81. The molecule has 112 valence electrons. The van der Waals surface area contributed by atoms with Gasteiger partial charge in [0.05, 0.1) is 10.6 Å². The third-order valence-electron chi connectivity index (χ3n) is 2.92. The summed E-state index contributed by atoms with van der Waals surface area (Å²) in [6.07, 6.45) is -4.67. The fraction of sp³-hybridized carbons (Fsp3) is 0.154. The van der Waals surface area contributed by atoms with E-state index in [2.05, 4.69) is 12.6 Å². The van der Waals surface area contributed by atoms with Crippen molar-refractivity contribution in [2.24, 2.45) is 7.05 Å². The second-order valence-electron chi connectivity index (χ2n) is 4.28. The minimum absolute atomic E-state index is 0.0447. The Bertz CT molecular complexity index is 770. The standard InChI is InChI=1S/C13H8ClF4NOS/c1-19-11(13(16,17)18)3-2-6(12(19)20)7-4-10(21)8(14)5-9(7)15/h2-5,21H,1H3. The van der Waals surface area contributed by atoms with E-state index < -0.39 is 23.2 Å². The topological polar surface area (TPSA) is 22.0 Å². The second-order valence-corrected chi connectivity index (χ2v) is 5.17. The minimum Gasteiger partial charge on any atom is -0.307 e. The van der Waals surface area contributed by atoms with E-state index in [4.69, 9.17) is 11.6 Å². The fourth-order valence-electron chi connectivity index (χ4n) is 1.87. The van der Waals surface area contributed by atoms with E-state index >= 15 is 0 Å². The molecular formula is C13H8ClF4NOS. The van der Waals surface area contributed by atoms with Gasteiger partial charge in [-0.1, -0.05) is 11.6 Å². The Balaban J connectivity index is 2.71. The van der Waals surface area contributed by atoms with E-state index in [9.17, 15) is 22.4 Å². The Hall–Kier alpha value is -1.47. The smallest absolute Gasteiger partial charge is 0.307 e. The lowest BCUT2D eigenvalue weighted by Gasteiger charge is -2.13. The van der Waals surface area contributed by atoms with Crippen LogP contribution in [0.1, 0.15) is 5.69 Å². The van der Waals surface area contributed by atoms with Crippen LogP contribution in [0.3, 0.4) is 0 Å². The molecule has 0 bridgehead atoms.